The summed E-state index contributed by atoms with van der Waals surface area (Å²) in [6.07, 6.45) is 6.21. The highest BCUT2D eigenvalue weighted by Gasteiger charge is 2.25. The Morgan fingerprint density at radius 2 is 2.16 bits per heavy atom. The summed E-state index contributed by atoms with van der Waals surface area (Å²) in [5.41, 5.74) is 6.86. The summed E-state index contributed by atoms with van der Waals surface area (Å²) in [4.78, 5) is 16.6. The number of pyridine rings is 2. The quantitative estimate of drug-likeness (QED) is 0.286. The minimum Gasteiger partial charge on any atom is -0.408 e. The van der Waals surface area contributed by atoms with Crippen molar-refractivity contribution in [2.75, 3.05) is 5.32 Å². The predicted octanol–water partition coefficient (Wildman–Crippen LogP) is 1.07. The Morgan fingerprint density at radius 3 is 2.88 bits per heavy atom. The van der Waals surface area contributed by atoms with Crippen LogP contribution in [0.1, 0.15) is 19.3 Å². The zero-order chi connectivity index (χ0) is 17.8. The van der Waals surface area contributed by atoms with Crippen molar-refractivity contribution < 1.29 is 5.21 Å². The number of nitrogens with two attached hydrogens (primary N) is 1. The molecular formula is C17H22N6O2. The third-order valence-electron chi connectivity index (χ3n) is 4.44. The van der Waals surface area contributed by atoms with Crippen molar-refractivity contribution in [3.05, 3.63) is 47.0 Å². The Kier molecular flexibility index (Phi) is 4.87. The lowest BCUT2D eigenvalue weighted by atomic mass is 10.1. The van der Waals surface area contributed by atoms with Crippen LogP contribution in [-0.4, -0.2) is 32.8 Å². The smallest absolute Gasteiger partial charge is 0.258 e. The molecule has 0 spiro atoms. The number of guanidine groups is 1. The molecule has 0 bridgehead atoms. The van der Waals surface area contributed by atoms with E-state index in [9.17, 15) is 4.79 Å². The Hall–Kier alpha value is -3.03. The highest BCUT2D eigenvalue weighted by molar-refractivity contribution is 5.77. The molecule has 5 N–H and O–H groups in total. The van der Waals surface area contributed by atoms with E-state index in [2.05, 4.69) is 20.8 Å². The first kappa shape index (κ1) is 16.8. The van der Waals surface area contributed by atoms with Crippen molar-refractivity contribution in [3.8, 4) is 11.1 Å². The number of hydrogen-bond donors (Lipinski definition) is 4. The first-order valence-corrected chi connectivity index (χ1v) is 8.19. The van der Waals surface area contributed by atoms with E-state index in [-0.39, 0.29) is 23.6 Å². The van der Waals surface area contributed by atoms with Crippen LogP contribution in [0.3, 0.4) is 0 Å². The largest absolute Gasteiger partial charge is 0.408 e. The summed E-state index contributed by atoms with van der Waals surface area (Å²) in [5.74, 6) is 0.809. The van der Waals surface area contributed by atoms with Gasteiger partial charge in [0.15, 0.2) is 0 Å². The normalized spacial score (nSPS) is 20.4. The van der Waals surface area contributed by atoms with Crippen LogP contribution in [0.2, 0.25) is 0 Å². The summed E-state index contributed by atoms with van der Waals surface area (Å²) >= 11 is 0. The molecule has 25 heavy (non-hydrogen) atoms. The van der Waals surface area contributed by atoms with E-state index in [1.54, 1.807) is 30.1 Å². The van der Waals surface area contributed by atoms with Gasteiger partial charge >= 0.3 is 0 Å². The predicted molar refractivity (Wildman–Crippen MR) is 96.5 cm³/mol. The minimum absolute atomic E-state index is 0.0394. The molecule has 0 aliphatic heterocycles. The van der Waals surface area contributed by atoms with E-state index in [0.29, 0.717) is 5.56 Å². The summed E-state index contributed by atoms with van der Waals surface area (Å²) in [6, 6.07) is 7.87. The molecule has 2 aromatic heterocycles. The summed E-state index contributed by atoms with van der Waals surface area (Å²) < 4.78 is 1.55. The van der Waals surface area contributed by atoms with Gasteiger partial charge in [-0.15, -0.1) is 0 Å². The molecule has 8 nitrogen and oxygen atoms in total. The maximum absolute atomic E-state index is 12.2. The van der Waals surface area contributed by atoms with Gasteiger partial charge in [-0.25, -0.2) is 4.98 Å². The molecule has 8 heteroatoms. The van der Waals surface area contributed by atoms with Gasteiger partial charge in [0.05, 0.1) is 0 Å². The van der Waals surface area contributed by atoms with E-state index in [1.165, 1.54) is 0 Å². The summed E-state index contributed by atoms with van der Waals surface area (Å²) in [7, 11) is 1.73. The number of aryl methyl sites for hydroxylation is 1. The third kappa shape index (κ3) is 3.90. The van der Waals surface area contributed by atoms with E-state index >= 15 is 0 Å². The van der Waals surface area contributed by atoms with E-state index in [0.717, 1.165) is 30.6 Å². The summed E-state index contributed by atoms with van der Waals surface area (Å²) in [5, 5.41) is 17.9. The Morgan fingerprint density at radius 1 is 1.36 bits per heavy atom. The Bertz CT molecular complexity index is 815. The zero-order valence-electron chi connectivity index (χ0n) is 14.0. The lowest BCUT2D eigenvalue weighted by Crippen LogP contribution is -2.39. The fraction of sp³-hybridized carbons (Fsp3) is 0.353. The number of hydrogen-bond acceptors (Lipinski definition) is 5. The molecule has 1 fully saturated rings. The highest BCUT2D eigenvalue weighted by Crippen LogP contribution is 2.23. The second kappa shape index (κ2) is 7.25. The molecule has 0 amide bonds. The maximum Gasteiger partial charge on any atom is 0.258 e. The average Bonchev–Trinajstić information content (AvgIpc) is 3.05. The van der Waals surface area contributed by atoms with Crippen LogP contribution in [0.25, 0.3) is 11.1 Å². The zero-order valence-corrected chi connectivity index (χ0v) is 14.0. The van der Waals surface area contributed by atoms with E-state index in [4.69, 9.17) is 10.9 Å². The number of aromatic nitrogens is 2. The van der Waals surface area contributed by atoms with Crippen molar-refractivity contribution in [3.63, 3.8) is 0 Å². The summed E-state index contributed by atoms with van der Waals surface area (Å²) in [6.45, 7) is 0. The van der Waals surface area contributed by atoms with Crippen molar-refractivity contribution in [1.82, 2.24) is 14.9 Å². The standard InChI is InChI=1S/C17H22N6O2/c1-23-8-2-3-14(16(23)24)11-4-7-15(19-10-11)20-12-5-6-13(9-12)21-17(18)22-25/h2-4,7-8,10,12-13,25H,5-6,9H2,1H3,(H,19,20)(H3,18,21,22). The van der Waals surface area contributed by atoms with Gasteiger partial charge < -0.3 is 26.1 Å². The van der Waals surface area contributed by atoms with E-state index in [1.807, 2.05) is 18.2 Å². The van der Waals surface area contributed by atoms with Gasteiger partial charge in [-0.2, -0.15) is 0 Å². The van der Waals surface area contributed by atoms with Crippen LogP contribution in [0.4, 0.5) is 5.82 Å². The van der Waals surface area contributed by atoms with Crippen molar-refractivity contribution >= 4 is 11.8 Å². The van der Waals surface area contributed by atoms with E-state index < -0.39 is 0 Å². The third-order valence-corrected chi connectivity index (χ3v) is 4.44. The molecule has 2 heterocycles. The van der Waals surface area contributed by atoms with Gasteiger partial charge in [0.2, 0.25) is 5.96 Å². The van der Waals surface area contributed by atoms with Gasteiger partial charge in [-0.05, 0) is 43.5 Å². The lowest BCUT2D eigenvalue weighted by Gasteiger charge is -2.15. The number of nitrogens with zero attached hydrogens (tertiary/aromatic N) is 3. The molecular weight excluding hydrogens is 320 g/mol. The number of rotatable bonds is 4. The molecule has 1 saturated carbocycles. The van der Waals surface area contributed by atoms with Gasteiger partial charge in [0.1, 0.15) is 5.82 Å². The molecule has 2 aromatic rings. The number of oxime groups is 1. The second-order valence-electron chi connectivity index (χ2n) is 6.25. The van der Waals surface area contributed by atoms with Crippen LogP contribution in [-0.2, 0) is 7.05 Å². The van der Waals surface area contributed by atoms with Crippen molar-refractivity contribution in [2.24, 2.45) is 17.9 Å². The highest BCUT2D eigenvalue weighted by atomic mass is 16.4. The van der Waals surface area contributed by atoms with Gasteiger partial charge in [-0.3, -0.25) is 4.79 Å². The first-order chi connectivity index (χ1) is 12.1. The fourth-order valence-corrected chi connectivity index (χ4v) is 3.15. The Balaban J connectivity index is 1.64. The monoisotopic (exact) mass is 342 g/mol. The molecule has 2 atom stereocenters. The van der Waals surface area contributed by atoms with Gasteiger partial charge in [-0.1, -0.05) is 5.16 Å². The molecule has 1 aliphatic rings. The first-order valence-electron chi connectivity index (χ1n) is 8.19. The topological polar surface area (TPSA) is 118 Å². The molecule has 3 rings (SSSR count). The van der Waals surface area contributed by atoms with Gasteiger partial charge in [0, 0.05) is 42.7 Å². The van der Waals surface area contributed by atoms with Gasteiger partial charge in [0.25, 0.3) is 5.56 Å². The van der Waals surface area contributed by atoms with Crippen LogP contribution >= 0.6 is 0 Å². The van der Waals surface area contributed by atoms with Crippen LogP contribution < -0.4 is 21.9 Å². The molecule has 2 unspecified atom stereocenters. The molecule has 0 aromatic carbocycles. The lowest BCUT2D eigenvalue weighted by molar-refractivity contribution is 0.314. The fourth-order valence-electron chi connectivity index (χ4n) is 3.15. The van der Waals surface area contributed by atoms with Crippen LogP contribution in [0, 0.1) is 0 Å². The van der Waals surface area contributed by atoms with Crippen molar-refractivity contribution in [2.45, 2.75) is 31.3 Å². The molecule has 0 radical (unpaired) electrons. The molecule has 0 saturated heterocycles. The number of nitrogens with one attached hydrogen (secondary N) is 2. The Labute approximate surface area is 145 Å². The molecule has 132 valence electrons. The SMILES string of the molecule is Cn1cccc(-c2ccc(NC3CCC(NC(N)=NO)C3)nc2)c1=O. The number of anilines is 1. The van der Waals surface area contributed by atoms with Crippen LogP contribution in [0.5, 0.6) is 0 Å². The second-order valence-corrected chi connectivity index (χ2v) is 6.25. The maximum atomic E-state index is 12.2. The van der Waals surface area contributed by atoms with Crippen LogP contribution in [0.15, 0.2) is 46.6 Å². The minimum atomic E-state index is -0.0437. The van der Waals surface area contributed by atoms with Crippen molar-refractivity contribution in [1.29, 1.82) is 0 Å². The average molecular weight is 342 g/mol. The molecule has 1 aliphatic carbocycles.